The number of thiophene rings is 1. The molecular formula is C21H17N3O2S. The first kappa shape index (κ1) is 17.2. The first-order valence-corrected chi connectivity index (χ1v) is 9.40. The van der Waals surface area contributed by atoms with E-state index in [2.05, 4.69) is 10.3 Å². The van der Waals surface area contributed by atoms with E-state index in [1.165, 1.54) is 16.2 Å². The van der Waals surface area contributed by atoms with E-state index in [0.717, 1.165) is 16.1 Å². The van der Waals surface area contributed by atoms with E-state index in [-0.39, 0.29) is 18.4 Å². The third-order valence-corrected chi connectivity index (χ3v) is 5.27. The molecule has 0 aliphatic carbocycles. The molecule has 27 heavy (non-hydrogen) atoms. The number of benzene rings is 1. The zero-order valence-corrected chi connectivity index (χ0v) is 15.5. The van der Waals surface area contributed by atoms with Gasteiger partial charge in [0.25, 0.3) is 11.8 Å². The quantitative estimate of drug-likeness (QED) is 0.688. The van der Waals surface area contributed by atoms with E-state index in [1.807, 2.05) is 54.8 Å². The van der Waals surface area contributed by atoms with Crippen LogP contribution in [0.4, 0.5) is 5.69 Å². The number of nitrogens with zero attached hydrogens (tertiary/aromatic N) is 2. The van der Waals surface area contributed by atoms with Crippen molar-refractivity contribution in [1.82, 2.24) is 9.88 Å². The van der Waals surface area contributed by atoms with Gasteiger partial charge in [-0.3, -0.25) is 19.5 Å². The van der Waals surface area contributed by atoms with Gasteiger partial charge in [-0.05, 0) is 42.1 Å². The molecule has 0 bridgehead atoms. The predicted molar refractivity (Wildman–Crippen MR) is 106 cm³/mol. The zero-order valence-electron chi connectivity index (χ0n) is 14.7. The van der Waals surface area contributed by atoms with Crippen molar-refractivity contribution in [3.05, 3.63) is 88.0 Å². The lowest BCUT2D eigenvalue weighted by molar-refractivity contribution is -0.137. The number of rotatable bonds is 5. The molecule has 4 rings (SSSR count). The van der Waals surface area contributed by atoms with Crippen LogP contribution < -0.4 is 5.32 Å². The number of hydrogen-bond acceptors (Lipinski definition) is 5. The van der Waals surface area contributed by atoms with Crippen LogP contribution >= 0.6 is 11.3 Å². The summed E-state index contributed by atoms with van der Waals surface area (Å²) in [4.78, 5) is 32.5. The van der Waals surface area contributed by atoms with Crippen molar-refractivity contribution in [3.63, 3.8) is 0 Å². The highest BCUT2D eigenvalue weighted by molar-refractivity contribution is 7.11. The van der Waals surface area contributed by atoms with Crippen LogP contribution in [0, 0.1) is 6.92 Å². The van der Waals surface area contributed by atoms with Gasteiger partial charge in [0.2, 0.25) is 0 Å². The monoisotopic (exact) mass is 375 g/mol. The number of hydrogen-bond donors (Lipinski definition) is 1. The summed E-state index contributed by atoms with van der Waals surface area (Å²) in [6.07, 6.45) is 1.65. The Morgan fingerprint density at radius 1 is 1.00 bits per heavy atom. The minimum atomic E-state index is -0.336. The van der Waals surface area contributed by atoms with Crippen LogP contribution in [-0.4, -0.2) is 21.7 Å². The molecule has 5 nitrogen and oxygen atoms in total. The Morgan fingerprint density at radius 3 is 2.52 bits per heavy atom. The molecule has 134 valence electrons. The van der Waals surface area contributed by atoms with Gasteiger partial charge in [-0.1, -0.05) is 30.3 Å². The smallest absolute Gasteiger partial charge is 0.278 e. The number of imide groups is 1. The summed E-state index contributed by atoms with van der Waals surface area (Å²) in [5, 5.41) is 5.09. The average Bonchev–Trinajstić information content (AvgIpc) is 3.28. The third-order valence-electron chi connectivity index (χ3n) is 4.39. The van der Waals surface area contributed by atoms with Crippen LogP contribution in [0.25, 0.3) is 5.57 Å². The largest absolute Gasteiger partial charge is 0.350 e. The van der Waals surface area contributed by atoms with Crippen molar-refractivity contribution >= 4 is 34.4 Å². The number of carbonyl (C=O) groups excluding carboxylic acids is 2. The van der Waals surface area contributed by atoms with Gasteiger partial charge in [-0.25, -0.2) is 0 Å². The Morgan fingerprint density at radius 2 is 1.81 bits per heavy atom. The SMILES string of the molecule is Cc1ccccc1NC1=C(c2cccs2)C(=O)N(Cc2ccccn2)C1=O. The summed E-state index contributed by atoms with van der Waals surface area (Å²) < 4.78 is 0. The Balaban J connectivity index is 1.73. The molecule has 2 aromatic heterocycles. The van der Waals surface area contributed by atoms with Crippen molar-refractivity contribution in [2.24, 2.45) is 0 Å². The molecule has 0 atom stereocenters. The van der Waals surface area contributed by atoms with Crippen LogP contribution in [-0.2, 0) is 16.1 Å². The summed E-state index contributed by atoms with van der Waals surface area (Å²) in [6.45, 7) is 2.10. The third kappa shape index (κ3) is 3.27. The summed E-state index contributed by atoms with van der Waals surface area (Å²) >= 11 is 1.44. The van der Waals surface area contributed by atoms with Crippen molar-refractivity contribution in [1.29, 1.82) is 0 Å². The number of carbonyl (C=O) groups is 2. The summed E-state index contributed by atoms with van der Waals surface area (Å²) in [5.74, 6) is -0.638. The number of nitrogens with one attached hydrogen (secondary N) is 1. The maximum absolute atomic E-state index is 13.1. The fourth-order valence-corrected chi connectivity index (χ4v) is 3.75. The van der Waals surface area contributed by atoms with E-state index in [4.69, 9.17) is 0 Å². The molecule has 0 radical (unpaired) electrons. The minimum absolute atomic E-state index is 0.145. The molecule has 0 saturated carbocycles. The van der Waals surface area contributed by atoms with Crippen molar-refractivity contribution in [2.45, 2.75) is 13.5 Å². The van der Waals surface area contributed by atoms with Gasteiger partial charge in [-0.15, -0.1) is 11.3 Å². The Bertz CT molecular complexity index is 1030. The van der Waals surface area contributed by atoms with Crippen molar-refractivity contribution < 1.29 is 9.59 Å². The second kappa shape index (κ2) is 7.17. The normalized spacial score (nSPS) is 14.2. The Kier molecular flexibility index (Phi) is 4.56. The van der Waals surface area contributed by atoms with Crippen LogP contribution in [0.1, 0.15) is 16.1 Å². The fourth-order valence-electron chi connectivity index (χ4n) is 2.99. The number of para-hydroxylation sites is 1. The van der Waals surface area contributed by atoms with E-state index >= 15 is 0 Å². The minimum Gasteiger partial charge on any atom is -0.350 e. The van der Waals surface area contributed by atoms with E-state index in [0.29, 0.717) is 17.0 Å². The molecule has 6 heteroatoms. The lowest BCUT2D eigenvalue weighted by Crippen LogP contribution is -2.32. The highest BCUT2D eigenvalue weighted by Crippen LogP contribution is 2.33. The number of anilines is 1. The molecule has 0 fully saturated rings. The highest BCUT2D eigenvalue weighted by atomic mass is 32.1. The number of pyridine rings is 1. The molecular weight excluding hydrogens is 358 g/mol. The molecule has 3 aromatic rings. The topological polar surface area (TPSA) is 62.3 Å². The zero-order chi connectivity index (χ0) is 18.8. The lowest BCUT2D eigenvalue weighted by Gasteiger charge is -2.15. The van der Waals surface area contributed by atoms with Gasteiger partial charge in [0, 0.05) is 16.8 Å². The fraction of sp³-hybridized carbons (Fsp3) is 0.0952. The number of aryl methyl sites for hydroxylation is 1. The lowest BCUT2D eigenvalue weighted by atomic mass is 10.1. The summed E-state index contributed by atoms with van der Waals surface area (Å²) in [6, 6.07) is 16.9. The first-order valence-electron chi connectivity index (χ1n) is 8.52. The summed E-state index contributed by atoms with van der Waals surface area (Å²) in [5.41, 5.74) is 3.20. The molecule has 3 heterocycles. The second-order valence-corrected chi connectivity index (χ2v) is 7.13. The molecule has 1 N–H and O–H groups in total. The van der Waals surface area contributed by atoms with Gasteiger partial charge in [0.05, 0.1) is 17.8 Å². The number of amides is 2. The van der Waals surface area contributed by atoms with Crippen molar-refractivity contribution in [3.8, 4) is 0 Å². The maximum Gasteiger partial charge on any atom is 0.278 e. The van der Waals surface area contributed by atoms with Crippen LogP contribution in [0.3, 0.4) is 0 Å². The van der Waals surface area contributed by atoms with Gasteiger partial charge in [-0.2, -0.15) is 0 Å². The van der Waals surface area contributed by atoms with E-state index in [1.54, 1.807) is 18.3 Å². The maximum atomic E-state index is 13.1. The van der Waals surface area contributed by atoms with Gasteiger partial charge in [0.1, 0.15) is 5.70 Å². The average molecular weight is 375 g/mol. The van der Waals surface area contributed by atoms with Gasteiger partial charge >= 0.3 is 0 Å². The Hall–Kier alpha value is -3.25. The Labute approximate surface area is 161 Å². The van der Waals surface area contributed by atoms with E-state index in [9.17, 15) is 9.59 Å². The van der Waals surface area contributed by atoms with Crippen molar-refractivity contribution in [2.75, 3.05) is 5.32 Å². The van der Waals surface area contributed by atoms with Gasteiger partial charge < -0.3 is 5.32 Å². The van der Waals surface area contributed by atoms with Crippen LogP contribution in [0.5, 0.6) is 0 Å². The van der Waals surface area contributed by atoms with Crippen LogP contribution in [0.15, 0.2) is 71.9 Å². The number of aromatic nitrogens is 1. The molecule has 0 unspecified atom stereocenters. The van der Waals surface area contributed by atoms with Crippen LogP contribution in [0.2, 0.25) is 0 Å². The first-order chi connectivity index (χ1) is 13.1. The summed E-state index contributed by atoms with van der Waals surface area (Å²) in [7, 11) is 0. The van der Waals surface area contributed by atoms with Gasteiger partial charge in [0.15, 0.2) is 0 Å². The van der Waals surface area contributed by atoms with E-state index < -0.39 is 0 Å². The molecule has 1 aromatic carbocycles. The molecule has 1 aliphatic heterocycles. The second-order valence-electron chi connectivity index (χ2n) is 6.18. The standard InChI is InChI=1S/C21H17N3O2S/c1-14-7-2-3-9-16(14)23-19-18(17-10-6-12-27-17)20(25)24(21(19)26)13-15-8-4-5-11-22-15/h2-12,23H,13H2,1H3. The molecule has 2 amide bonds. The highest BCUT2D eigenvalue weighted by Gasteiger charge is 2.39. The molecule has 0 saturated heterocycles. The predicted octanol–water partition coefficient (Wildman–Crippen LogP) is 3.84. The molecule has 1 aliphatic rings. The molecule has 0 spiro atoms.